The van der Waals surface area contributed by atoms with Crippen LogP contribution in [0.1, 0.15) is 32.6 Å². The summed E-state index contributed by atoms with van der Waals surface area (Å²) in [6, 6.07) is 0. The second-order valence-electron chi connectivity index (χ2n) is 3.16. The highest BCUT2D eigenvalue weighted by atomic mass is 16.5. The third-order valence-corrected chi connectivity index (χ3v) is 2.10. The number of carbonyl (C=O) groups excluding carboxylic acids is 1. The van der Waals surface area contributed by atoms with E-state index in [-0.39, 0.29) is 6.10 Å². The quantitative estimate of drug-likeness (QED) is 0.603. The zero-order valence-electron chi connectivity index (χ0n) is 7.58. The van der Waals surface area contributed by atoms with E-state index >= 15 is 0 Å². The van der Waals surface area contributed by atoms with E-state index in [0.29, 0.717) is 18.8 Å². The molecule has 0 aromatic rings. The van der Waals surface area contributed by atoms with Crippen LogP contribution < -0.4 is 0 Å². The first-order valence-corrected chi connectivity index (χ1v) is 4.57. The summed E-state index contributed by atoms with van der Waals surface area (Å²) in [6.45, 7) is 2.61. The van der Waals surface area contributed by atoms with Crippen LogP contribution in [0.25, 0.3) is 0 Å². The number of allylic oxidation sites excluding steroid dienone is 1. The molecular formula is C10H16O2. The predicted molar refractivity (Wildman–Crippen MR) is 48.0 cm³/mol. The topological polar surface area (TPSA) is 26.3 Å². The Morgan fingerprint density at radius 3 is 3.17 bits per heavy atom. The molecular weight excluding hydrogens is 152 g/mol. The average molecular weight is 168 g/mol. The van der Waals surface area contributed by atoms with E-state index in [1.807, 2.05) is 19.1 Å². The molecule has 0 radical (unpaired) electrons. The molecule has 2 heteroatoms. The number of ketones is 1. The van der Waals surface area contributed by atoms with Gasteiger partial charge in [0.1, 0.15) is 5.78 Å². The summed E-state index contributed by atoms with van der Waals surface area (Å²) in [6.07, 6.45) is 7.54. The Hall–Kier alpha value is -0.630. The summed E-state index contributed by atoms with van der Waals surface area (Å²) >= 11 is 0. The lowest BCUT2D eigenvalue weighted by atomic mass is 9.96. The van der Waals surface area contributed by atoms with Crippen molar-refractivity contribution in [1.29, 1.82) is 0 Å². The SMILES string of the molecule is C/C=C/COC1CCCC(=O)C1. The highest BCUT2D eigenvalue weighted by Crippen LogP contribution is 2.17. The number of hydrogen-bond acceptors (Lipinski definition) is 2. The van der Waals surface area contributed by atoms with Crippen molar-refractivity contribution < 1.29 is 9.53 Å². The summed E-state index contributed by atoms with van der Waals surface area (Å²) in [7, 11) is 0. The van der Waals surface area contributed by atoms with Crippen LogP contribution >= 0.6 is 0 Å². The molecule has 12 heavy (non-hydrogen) atoms. The monoisotopic (exact) mass is 168 g/mol. The largest absolute Gasteiger partial charge is 0.374 e. The predicted octanol–water partition coefficient (Wildman–Crippen LogP) is 2.09. The first-order valence-electron chi connectivity index (χ1n) is 4.57. The molecule has 0 bridgehead atoms. The Bertz CT molecular complexity index is 173. The average Bonchev–Trinajstić information content (AvgIpc) is 2.05. The fourth-order valence-corrected chi connectivity index (χ4v) is 1.42. The number of Topliss-reactive ketones (excluding diaryl/α,β-unsaturated/α-hetero) is 1. The van der Waals surface area contributed by atoms with E-state index in [2.05, 4.69) is 0 Å². The van der Waals surface area contributed by atoms with Gasteiger partial charge >= 0.3 is 0 Å². The van der Waals surface area contributed by atoms with Gasteiger partial charge in [0.15, 0.2) is 0 Å². The van der Waals surface area contributed by atoms with Gasteiger partial charge in [0, 0.05) is 12.8 Å². The van der Waals surface area contributed by atoms with Gasteiger partial charge in [0.25, 0.3) is 0 Å². The third kappa shape index (κ3) is 3.18. The minimum atomic E-state index is 0.183. The van der Waals surface area contributed by atoms with Crippen LogP contribution in [0, 0.1) is 0 Å². The van der Waals surface area contributed by atoms with Crippen LogP contribution in [0.15, 0.2) is 12.2 Å². The lowest BCUT2D eigenvalue weighted by Gasteiger charge is -2.20. The Morgan fingerprint density at radius 1 is 1.67 bits per heavy atom. The normalized spacial score (nSPS) is 25.1. The van der Waals surface area contributed by atoms with Gasteiger partial charge in [-0.1, -0.05) is 12.2 Å². The summed E-state index contributed by atoms with van der Waals surface area (Å²) in [5, 5.41) is 0. The van der Waals surface area contributed by atoms with E-state index in [1.54, 1.807) is 0 Å². The maximum absolute atomic E-state index is 11.0. The number of hydrogen-bond donors (Lipinski definition) is 0. The van der Waals surface area contributed by atoms with Crippen LogP contribution in [0.5, 0.6) is 0 Å². The molecule has 0 saturated heterocycles. The van der Waals surface area contributed by atoms with Gasteiger partial charge in [-0.15, -0.1) is 0 Å². The molecule has 0 spiro atoms. The molecule has 0 aliphatic heterocycles. The molecule has 1 atom stereocenters. The van der Waals surface area contributed by atoms with Crippen molar-refractivity contribution >= 4 is 5.78 Å². The second-order valence-corrected chi connectivity index (χ2v) is 3.16. The molecule has 1 unspecified atom stereocenters. The van der Waals surface area contributed by atoms with Gasteiger partial charge in [0.2, 0.25) is 0 Å². The molecule has 0 N–H and O–H groups in total. The second kappa shape index (κ2) is 5.09. The number of rotatable bonds is 3. The lowest BCUT2D eigenvalue weighted by molar-refractivity contribution is -0.124. The van der Waals surface area contributed by atoms with Crippen molar-refractivity contribution in [1.82, 2.24) is 0 Å². The minimum absolute atomic E-state index is 0.183. The zero-order chi connectivity index (χ0) is 8.81. The first kappa shape index (κ1) is 9.46. The Morgan fingerprint density at radius 2 is 2.50 bits per heavy atom. The van der Waals surface area contributed by atoms with Gasteiger partial charge in [-0.05, 0) is 19.8 Å². The first-order chi connectivity index (χ1) is 5.83. The standard InChI is InChI=1S/C10H16O2/c1-2-3-7-12-10-6-4-5-9(11)8-10/h2-3,10H,4-8H2,1H3/b3-2+. The van der Waals surface area contributed by atoms with E-state index in [0.717, 1.165) is 19.3 Å². The zero-order valence-corrected chi connectivity index (χ0v) is 7.58. The smallest absolute Gasteiger partial charge is 0.135 e. The number of ether oxygens (including phenoxy) is 1. The summed E-state index contributed by atoms with van der Waals surface area (Å²) in [5.74, 6) is 0.353. The van der Waals surface area contributed by atoms with Crippen molar-refractivity contribution in [2.45, 2.75) is 38.7 Å². The van der Waals surface area contributed by atoms with E-state index < -0.39 is 0 Å². The molecule has 0 amide bonds. The van der Waals surface area contributed by atoms with Gasteiger partial charge in [-0.25, -0.2) is 0 Å². The molecule has 1 aliphatic carbocycles. The summed E-state index contributed by atoms with van der Waals surface area (Å²) in [4.78, 5) is 11.0. The van der Waals surface area contributed by atoms with Crippen molar-refractivity contribution in [3.63, 3.8) is 0 Å². The van der Waals surface area contributed by atoms with Crippen molar-refractivity contribution in [3.05, 3.63) is 12.2 Å². The van der Waals surface area contributed by atoms with Crippen LogP contribution in [-0.2, 0) is 9.53 Å². The fourth-order valence-electron chi connectivity index (χ4n) is 1.42. The minimum Gasteiger partial charge on any atom is -0.374 e. The van der Waals surface area contributed by atoms with Crippen LogP contribution in [0.4, 0.5) is 0 Å². The third-order valence-electron chi connectivity index (χ3n) is 2.10. The number of carbonyl (C=O) groups is 1. The highest BCUT2D eigenvalue weighted by molar-refractivity contribution is 5.79. The van der Waals surface area contributed by atoms with E-state index in [9.17, 15) is 4.79 Å². The molecule has 0 aromatic heterocycles. The molecule has 1 saturated carbocycles. The Balaban J connectivity index is 2.18. The van der Waals surface area contributed by atoms with Crippen molar-refractivity contribution in [2.75, 3.05) is 6.61 Å². The molecule has 1 rings (SSSR count). The van der Waals surface area contributed by atoms with Crippen molar-refractivity contribution in [3.8, 4) is 0 Å². The van der Waals surface area contributed by atoms with Gasteiger partial charge in [-0.2, -0.15) is 0 Å². The Kier molecular flexibility index (Phi) is 4.01. The lowest BCUT2D eigenvalue weighted by Crippen LogP contribution is -2.22. The molecule has 68 valence electrons. The van der Waals surface area contributed by atoms with Crippen LogP contribution in [-0.4, -0.2) is 18.5 Å². The molecule has 2 nitrogen and oxygen atoms in total. The van der Waals surface area contributed by atoms with Gasteiger partial charge in [0.05, 0.1) is 12.7 Å². The Labute approximate surface area is 73.6 Å². The molecule has 0 heterocycles. The maximum atomic E-state index is 11.0. The van der Waals surface area contributed by atoms with E-state index in [4.69, 9.17) is 4.74 Å². The van der Waals surface area contributed by atoms with Crippen molar-refractivity contribution in [2.24, 2.45) is 0 Å². The summed E-state index contributed by atoms with van der Waals surface area (Å²) in [5.41, 5.74) is 0. The molecule has 1 aliphatic rings. The van der Waals surface area contributed by atoms with Gasteiger partial charge in [-0.3, -0.25) is 4.79 Å². The van der Waals surface area contributed by atoms with Crippen LogP contribution in [0.2, 0.25) is 0 Å². The summed E-state index contributed by atoms with van der Waals surface area (Å²) < 4.78 is 5.49. The highest BCUT2D eigenvalue weighted by Gasteiger charge is 2.18. The van der Waals surface area contributed by atoms with Gasteiger partial charge < -0.3 is 4.74 Å². The maximum Gasteiger partial charge on any atom is 0.135 e. The molecule has 0 aromatic carbocycles. The fraction of sp³-hybridized carbons (Fsp3) is 0.700. The van der Waals surface area contributed by atoms with E-state index in [1.165, 1.54) is 0 Å². The molecule has 1 fully saturated rings. The van der Waals surface area contributed by atoms with Crippen LogP contribution in [0.3, 0.4) is 0 Å².